The molecule has 14 heavy (non-hydrogen) atoms. The third-order valence-electron chi connectivity index (χ3n) is 2.62. The van der Waals surface area contributed by atoms with Crippen molar-refractivity contribution in [3.8, 4) is 0 Å². The van der Waals surface area contributed by atoms with Crippen molar-refractivity contribution in [3.63, 3.8) is 0 Å². The van der Waals surface area contributed by atoms with Crippen LogP contribution >= 0.6 is 0 Å². The van der Waals surface area contributed by atoms with Gasteiger partial charge in [-0.2, -0.15) is 0 Å². The molecule has 0 bridgehead atoms. The van der Waals surface area contributed by atoms with Crippen molar-refractivity contribution in [1.82, 2.24) is 14.5 Å². The second-order valence-corrected chi connectivity index (χ2v) is 3.48. The highest BCUT2D eigenvalue weighted by atomic mass is 16.1. The van der Waals surface area contributed by atoms with Gasteiger partial charge in [-0.25, -0.2) is 4.98 Å². The number of aromatic nitrogens is 3. The lowest BCUT2D eigenvalue weighted by molar-refractivity contribution is 0.719. The van der Waals surface area contributed by atoms with Crippen LogP contribution in [0, 0.1) is 0 Å². The molecule has 0 fully saturated rings. The quantitative estimate of drug-likeness (QED) is 0.611. The fourth-order valence-electron chi connectivity index (χ4n) is 1.93. The van der Waals surface area contributed by atoms with E-state index in [0.717, 1.165) is 25.2 Å². The van der Waals surface area contributed by atoms with Crippen molar-refractivity contribution in [1.29, 1.82) is 0 Å². The van der Waals surface area contributed by atoms with Crippen LogP contribution in [0.25, 0.3) is 10.9 Å². The normalized spacial score (nSPS) is 14.6. The number of pyridine rings is 1. The van der Waals surface area contributed by atoms with Gasteiger partial charge in [-0.1, -0.05) is 0 Å². The molecule has 0 saturated carbocycles. The molecule has 0 aliphatic carbocycles. The van der Waals surface area contributed by atoms with Crippen molar-refractivity contribution < 1.29 is 0 Å². The third kappa shape index (κ3) is 0.907. The maximum absolute atomic E-state index is 11.9. The fourth-order valence-corrected chi connectivity index (χ4v) is 1.93. The van der Waals surface area contributed by atoms with Crippen LogP contribution in [0.5, 0.6) is 0 Å². The Balaban J connectivity index is 2.50. The van der Waals surface area contributed by atoms with Crippen LogP contribution in [0.2, 0.25) is 0 Å². The van der Waals surface area contributed by atoms with Crippen molar-refractivity contribution in [2.75, 3.05) is 0 Å². The maximum atomic E-state index is 11.9. The van der Waals surface area contributed by atoms with Gasteiger partial charge in [-0.15, -0.1) is 0 Å². The standard InChI is InChI=1S/C10H9N3O/c14-10-7-3-4-11-6-8(7)12-9-2-1-5-13(9)10/h3-4,6H,1-2,5H2. The van der Waals surface area contributed by atoms with Gasteiger partial charge in [-0.05, 0) is 12.5 Å². The predicted molar refractivity (Wildman–Crippen MR) is 52.1 cm³/mol. The van der Waals surface area contributed by atoms with E-state index in [0.29, 0.717) is 10.9 Å². The average Bonchev–Trinajstić information content (AvgIpc) is 2.66. The van der Waals surface area contributed by atoms with Crippen LogP contribution in [-0.4, -0.2) is 14.5 Å². The van der Waals surface area contributed by atoms with E-state index < -0.39 is 0 Å². The van der Waals surface area contributed by atoms with E-state index in [4.69, 9.17) is 0 Å². The zero-order chi connectivity index (χ0) is 9.54. The number of fused-ring (bicyclic) bond motifs is 2. The van der Waals surface area contributed by atoms with Crippen molar-refractivity contribution >= 4 is 10.9 Å². The monoisotopic (exact) mass is 187 g/mol. The van der Waals surface area contributed by atoms with Crippen molar-refractivity contribution in [2.45, 2.75) is 19.4 Å². The van der Waals surface area contributed by atoms with Crippen LogP contribution in [0.3, 0.4) is 0 Å². The summed E-state index contributed by atoms with van der Waals surface area (Å²) >= 11 is 0. The molecule has 0 saturated heterocycles. The molecule has 1 aliphatic heterocycles. The SMILES string of the molecule is O=c1c2ccncc2nc2n1CCC2. The van der Waals surface area contributed by atoms with Gasteiger partial charge in [0.05, 0.1) is 17.1 Å². The van der Waals surface area contributed by atoms with Gasteiger partial charge in [0.15, 0.2) is 0 Å². The van der Waals surface area contributed by atoms with Crippen molar-refractivity contribution in [2.24, 2.45) is 0 Å². The Labute approximate surface area is 80.2 Å². The maximum Gasteiger partial charge on any atom is 0.261 e. The molecular weight excluding hydrogens is 178 g/mol. The summed E-state index contributed by atoms with van der Waals surface area (Å²) in [6, 6.07) is 1.73. The predicted octanol–water partition coefficient (Wildman–Crippen LogP) is 0.738. The summed E-state index contributed by atoms with van der Waals surface area (Å²) in [4.78, 5) is 20.3. The summed E-state index contributed by atoms with van der Waals surface area (Å²) in [5.41, 5.74) is 0.788. The van der Waals surface area contributed by atoms with E-state index in [2.05, 4.69) is 9.97 Å². The summed E-state index contributed by atoms with van der Waals surface area (Å²) < 4.78 is 1.77. The molecular formula is C10H9N3O. The minimum absolute atomic E-state index is 0.0740. The molecule has 3 heterocycles. The average molecular weight is 187 g/mol. The van der Waals surface area contributed by atoms with E-state index >= 15 is 0 Å². The lowest BCUT2D eigenvalue weighted by atomic mass is 10.3. The molecule has 0 spiro atoms. The number of nitrogens with zero attached hydrogens (tertiary/aromatic N) is 3. The highest BCUT2D eigenvalue weighted by Gasteiger charge is 2.15. The molecule has 0 N–H and O–H groups in total. The summed E-state index contributed by atoms with van der Waals surface area (Å²) in [5, 5.41) is 0.672. The molecule has 2 aromatic heterocycles. The Morgan fingerprint density at radius 3 is 3.29 bits per heavy atom. The molecule has 0 radical (unpaired) electrons. The van der Waals surface area contributed by atoms with Crippen molar-refractivity contribution in [3.05, 3.63) is 34.6 Å². The van der Waals surface area contributed by atoms with Gasteiger partial charge in [0.25, 0.3) is 5.56 Å². The molecule has 2 aromatic rings. The first-order valence-electron chi connectivity index (χ1n) is 4.70. The first-order chi connectivity index (χ1) is 6.86. The van der Waals surface area contributed by atoms with Crippen LogP contribution < -0.4 is 5.56 Å². The van der Waals surface area contributed by atoms with Gasteiger partial charge in [-0.3, -0.25) is 14.3 Å². The lowest BCUT2D eigenvalue weighted by Crippen LogP contribution is -2.20. The molecule has 4 nitrogen and oxygen atoms in total. The second kappa shape index (κ2) is 2.64. The second-order valence-electron chi connectivity index (χ2n) is 3.48. The molecule has 0 amide bonds. The Bertz CT molecular complexity index is 559. The molecule has 0 aromatic carbocycles. The molecule has 70 valence electrons. The topological polar surface area (TPSA) is 47.8 Å². The summed E-state index contributed by atoms with van der Waals surface area (Å²) in [6.07, 6.45) is 5.20. The first kappa shape index (κ1) is 7.67. The number of rotatable bonds is 0. The Kier molecular flexibility index (Phi) is 1.45. The fraction of sp³-hybridized carbons (Fsp3) is 0.300. The molecule has 0 atom stereocenters. The van der Waals surface area contributed by atoms with Crippen LogP contribution in [0.1, 0.15) is 12.2 Å². The zero-order valence-electron chi connectivity index (χ0n) is 7.60. The van der Waals surface area contributed by atoms with Gasteiger partial charge >= 0.3 is 0 Å². The molecule has 4 heteroatoms. The van der Waals surface area contributed by atoms with Gasteiger partial charge < -0.3 is 0 Å². The minimum atomic E-state index is 0.0740. The number of aryl methyl sites for hydroxylation is 1. The van der Waals surface area contributed by atoms with E-state index in [-0.39, 0.29) is 5.56 Å². The smallest absolute Gasteiger partial charge is 0.261 e. The van der Waals surface area contributed by atoms with Crippen LogP contribution in [-0.2, 0) is 13.0 Å². The Hall–Kier alpha value is -1.71. The summed E-state index contributed by atoms with van der Waals surface area (Å²) in [5.74, 6) is 0.899. The number of hydrogen-bond donors (Lipinski definition) is 0. The van der Waals surface area contributed by atoms with Gasteiger partial charge in [0.1, 0.15) is 5.82 Å². The van der Waals surface area contributed by atoms with E-state index in [9.17, 15) is 4.79 Å². The summed E-state index contributed by atoms with van der Waals surface area (Å²) in [6.45, 7) is 0.805. The molecule has 1 aliphatic rings. The van der Waals surface area contributed by atoms with Crippen LogP contribution in [0.15, 0.2) is 23.3 Å². The van der Waals surface area contributed by atoms with E-state index in [1.807, 2.05) is 0 Å². The lowest BCUT2D eigenvalue weighted by Gasteiger charge is -2.03. The van der Waals surface area contributed by atoms with E-state index in [1.165, 1.54) is 0 Å². The first-order valence-corrected chi connectivity index (χ1v) is 4.70. The minimum Gasteiger partial charge on any atom is -0.296 e. The third-order valence-corrected chi connectivity index (χ3v) is 2.62. The molecule has 0 unspecified atom stereocenters. The van der Waals surface area contributed by atoms with Gasteiger partial charge in [0.2, 0.25) is 0 Å². The zero-order valence-corrected chi connectivity index (χ0v) is 7.60. The Morgan fingerprint density at radius 1 is 1.43 bits per heavy atom. The number of hydrogen-bond acceptors (Lipinski definition) is 3. The molecule has 3 rings (SSSR count). The largest absolute Gasteiger partial charge is 0.296 e. The highest BCUT2D eigenvalue weighted by Crippen LogP contribution is 2.12. The van der Waals surface area contributed by atoms with Crippen LogP contribution in [0.4, 0.5) is 0 Å². The highest BCUT2D eigenvalue weighted by molar-refractivity contribution is 5.76. The summed E-state index contributed by atoms with van der Waals surface area (Å²) in [7, 11) is 0. The van der Waals surface area contributed by atoms with E-state index in [1.54, 1.807) is 23.0 Å². The Morgan fingerprint density at radius 2 is 2.36 bits per heavy atom. The van der Waals surface area contributed by atoms with Gasteiger partial charge in [0, 0.05) is 19.2 Å².